The Bertz CT molecular complexity index is 3520. The lowest BCUT2D eigenvalue weighted by atomic mass is 9.84. The van der Waals surface area contributed by atoms with Gasteiger partial charge in [0.15, 0.2) is 0 Å². The minimum Gasteiger partial charge on any atom is -0.456 e. The van der Waals surface area contributed by atoms with Crippen LogP contribution in [0.15, 0.2) is 186 Å². The van der Waals surface area contributed by atoms with Crippen molar-refractivity contribution in [1.82, 2.24) is 0 Å². The van der Waals surface area contributed by atoms with E-state index in [0.717, 1.165) is 44.0 Å². The molecule has 10 rings (SSSR count). The van der Waals surface area contributed by atoms with Gasteiger partial charge >= 0.3 is 0 Å². The maximum Gasteiger partial charge on any atom is 0.136 e. The molecular weight excluding hydrogens is 605 g/mol. The van der Waals surface area contributed by atoms with E-state index in [2.05, 4.69) is 24.3 Å². The predicted octanol–water partition coefficient (Wildman–Crippen LogP) is 13.6. The van der Waals surface area contributed by atoms with Crippen LogP contribution < -0.4 is 0 Å². The van der Waals surface area contributed by atoms with Crippen LogP contribution in [0.1, 0.15) is 28.9 Å². The van der Waals surface area contributed by atoms with Crippen molar-refractivity contribution in [1.29, 1.82) is 0 Å². The Labute approximate surface area is 308 Å². The van der Waals surface area contributed by atoms with E-state index in [4.69, 9.17) is 16.8 Å². The summed E-state index contributed by atoms with van der Waals surface area (Å²) in [5, 5.41) is 3.05. The first kappa shape index (κ1) is 18.4. The molecule has 50 heavy (non-hydrogen) atoms. The summed E-state index contributed by atoms with van der Waals surface area (Å²) in [5.41, 5.74) is 5.59. The summed E-state index contributed by atoms with van der Waals surface area (Å²) in [6.07, 6.45) is -0.496. The molecule has 0 saturated carbocycles. The highest BCUT2D eigenvalue weighted by molar-refractivity contribution is 6.20. The second-order valence-electron chi connectivity index (χ2n) is 12.2. The zero-order valence-electron chi connectivity index (χ0n) is 39.4. The normalized spacial score (nSPS) is 15.3. The van der Waals surface area contributed by atoms with E-state index in [1.54, 1.807) is 6.07 Å². The lowest BCUT2D eigenvalue weighted by molar-refractivity contribution is 0.669. The van der Waals surface area contributed by atoms with Crippen LogP contribution in [-0.2, 0) is 6.42 Å². The van der Waals surface area contributed by atoms with Gasteiger partial charge in [-0.25, -0.2) is 0 Å². The van der Waals surface area contributed by atoms with E-state index < -0.39 is 85.0 Å². The number of hydrogen-bond acceptors (Lipinski definition) is 1. The minimum atomic E-state index is -0.618. The highest BCUT2D eigenvalue weighted by Crippen LogP contribution is 2.45. The average Bonchev–Trinajstić information content (AvgIpc) is 3.69. The van der Waals surface area contributed by atoms with Gasteiger partial charge in [-0.1, -0.05) is 163 Å². The maximum atomic E-state index is 9.41. The molecule has 1 nitrogen and oxygen atoms in total. The molecule has 1 heteroatoms. The van der Waals surface area contributed by atoms with E-state index in [1.165, 1.54) is 0 Å². The number of fused-ring (bicyclic) bond motifs is 6. The zero-order chi connectivity index (χ0) is 44.3. The van der Waals surface area contributed by atoms with Gasteiger partial charge in [0.1, 0.15) is 11.2 Å². The van der Waals surface area contributed by atoms with Crippen LogP contribution in [0, 0.1) is 0 Å². The molecule has 0 saturated heterocycles. The number of hydrogen-bond donors (Lipinski definition) is 0. The third kappa shape index (κ3) is 4.55. The molecule has 0 amide bonds. The van der Waals surface area contributed by atoms with Gasteiger partial charge in [-0.3, -0.25) is 0 Å². The fourth-order valence-electron chi connectivity index (χ4n) is 7.31. The van der Waals surface area contributed by atoms with Gasteiger partial charge in [0.2, 0.25) is 0 Å². The van der Waals surface area contributed by atoms with E-state index in [0.29, 0.717) is 16.5 Å². The summed E-state index contributed by atoms with van der Waals surface area (Å²) in [7, 11) is 0. The first-order valence-corrected chi connectivity index (χ1v) is 16.2. The molecular formula is C49H32O. The second-order valence-corrected chi connectivity index (χ2v) is 12.2. The van der Waals surface area contributed by atoms with Gasteiger partial charge in [0.05, 0.1) is 17.8 Å². The van der Waals surface area contributed by atoms with Crippen LogP contribution in [0.3, 0.4) is 0 Å². The fourth-order valence-corrected chi connectivity index (χ4v) is 7.31. The van der Waals surface area contributed by atoms with Gasteiger partial charge in [0.25, 0.3) is 0 Å². The molecule has 10 aromatic rings. The third-order valence-electron chi connectivity index (χ3n) is 9.47. The molecule has 0 aliphatic heterocycles. The van der Waals surface area contributed by atoms with Crippen LogP contribution in [0.25, 0.3) is 87.6 Å². The van der Waals surface area contributed by atoms with Crippen LogP contribution in [-0.4, -0.2) is 0 Å². The van der Waals surface area contributed by atoms with Crippen LogP contribution in [0.2, 0.25) is 0 Å². The van der Waals surface area contributed by atoms with Crippen molar-refractivity contribution in [3.63, 3.8) is 0 Å². The Hall–Kier alpha value is -6.44. The van der Waals surface area contributed by atoms with Crippen molar-refractivity contribution in [2.75, 3.05) is 0 Å². The SMILES string of the molecule is [2H]c1c([2H])c([2H])c(Cc2c3c([2H])c([2H])c([2H])c([2H])c3c(-c3ccc(-c4ccc5oc6cccc(-c7ccccc7)c6c5c4)c4ccccc34)c3c([2H])c([2H])c([2H])c([2H])c23)c([2H])c1[2H]. The van der Waals surface area contributed by atoms with Crippen LogP contribution in [0.5, 0.6) is 0 Å². The molecule has 0 bridgehead atoms. The largest absolute Gasteiger partial charge is 0.456 e. The zero-order valence-corrected chi connectivity index (χ0v) is 26.4. The van der Waals surface area contributed by atoms with Gasteiger partial charge in [-0.15, -0.1) is 0 Å². The summed E-state index contributed by atoms with van der Waals surface area (Å²) in [5.74, 6) is 0. The highest BCUT2D eigenvalue weighted by Gasteiger charge is 2.19. The first-order chi connectivity index (χ1) is 30.2. The Morgan fingerprint density at radius 1 is 0.420 bits per heavy atom. The van der Waals surface area contributed by atoms with E-state index >= 15 is 0 Å². The molecule has 0 unspecified atom stereocenters. The van der Waals surface area contributed by atoms with Crippen LogP contribution >= 0.6 is 0 Å². The van der Waals surface area contributed by atoms with Gasteiger partial charge in [0, 0.05) is 10.8 Å². The third-order valence-corrected chi connectivity index (χ3v) is 9.47. The van der Waals surface area contributed by atoms with Crippen molar-refractivity contribution < 1.29 is 22.2 Å². The Morgan fingerprint density at radius 2 is 1.06 bits per heavy atom. The van der Waals surface area contributed by atoms with Crippen molar-refractivity contribution >= 4 is 54.3 Å². The molecule has 0 fully saturated rings. The first-order valence-electron chi connectivity index (χ1n) is 22.7. The minimum absolute atomic E-state index is 0.0160. The number of furan rings is 1. The van der Waals surface area contributed by atoms with Crippen molar-refractivity contribution in [3.8, 4) is 33.4 Å². The summed E-state index contributed by atoms with van der Waals surface area (Å²) >= 11 is 0. The second kappa shape index (κ2) is 11.6. The standard InChI is InChI=1S/C49H32O/c1-3-14-32(15-4-1)30-44-39-20-9-11-22-41(39)48(42-23-12-10-21-40(42)44)43-28-27-35(37-18-7-8-19-38(37)43)34-26-29-46-45(31-34)49-36(24-13-25-47(49)50-46)33-16-5-2-6-17-33/h1-29,31H,30H2/i1D,3D,4D,9D,10D,11D,12D,14D,15D,20D,21D,22D,23D. The summed E-state index contributed by atoms with van der Waals surface area (Å²) in [4.78, 5) is 0. The van der Waals surface area contributed by atoms with Crippen molar-refractivity contribution in [2.24, 2.45) is 0 Å². The number of benzene rings is 9. The predicted molar refractivity (Wildman–Crippen MR) is 212 cm³/mol. The Morgan fingerprint density at radius 3 is 1.80 bits per heavy atom. The topological polar surface area (TPSA) is 13.1 Å². The lowest BCUT2D eigenvalue weighted by Crippen LogP contribution is -1.96. The number of rotatable bonds is 5. The molecule has 0 atom stereocenters. The van der Waals surface area contributed by atoms with Gasteiger partial charge in [-0.05, 0) is 101 Å². The summed E-state index contributed by atoms with van der Waals surface area (Å²) in [6, 6.07) is 26.1. The summed E-state index contributed by atoms with van der Waals surface area (Å²) in [6.45, 7) is 0. The van der Waals surface area contributed by atoms with E-state index in [9.17, 15) is 5.48 Å². The van der Waals surface area contributed by atoms with Gasteiger partial charge in [-0.2, -0.15) is 0 Å². The van der Waals surface area contributed by atoms with Crippen molar-refractivity contribution in [2.45, 2.75) is 6.42 Å². The fraction of sp³-hybridized carbons (Fsp3) is 0.0204. The van der Waals surface area contributed by atoms with Crippen LogP contribution in [0.4, 0.5) is 0 Å². The molecule has 0 aliphatic rings. The Balaban J connectivity index is 1.31. The quantitative estimate of drug-likeness (QED) is 0.169. The Kier molecular flexibility index (Phi) is 4.26. The summed E-state index contributed by atoms with van der Waals surface area (Å²) < 4.78 is 121. The van der Waals surface area contributed by atoms with Crippen molar-refractivity contribution in [3.05, 3.63) is 193 Å². The maximum absolute atomic E-state index is 9.41. The molecule has 0 aliphatic carbocycles. The van der Waals surface area contributed by atoms with E-state index in [1.807, 2.05) is 72.8 Å². The molecule has 0 radical (unpaired) electrons. The molecule has 1 heterocycles. The monoisotopic (exact) mass is 649 g/mol. The molecule has 0 spiro atoms. The molecule has 1 aromatic heterocycles. The lowest BCUT2D eigenvalue weighted by Gasteiger charge is -2.19. The smallest absolute Gasteiger partial charge is 0.136 e. The highest BCUT2D eigenvalue weighted by atomic mass is 16.3. The molecule has 234 valence electrons. The van der Waals surface area contributed by atoms with Gasteiger partial charge < -0.3 is 4.42 Å². The molecule has 9 aromatic carbocycles. The van der Waals surface area contributed by atoms with E-state index in [-0.39, 0.29) is 38.2 Å². The average molecular weight is 650 g/mol. The molecule has 0 N–H and O–H groups in total.